The van der Waals surface area contributed by atoms with Gasteiger partial charge in [-0.05, 0) is 37.6 Å². The van der Waals surface area contributed by atoms with Crippen LogP contribution in [0, 0.1) is 0 Å². The quantitative estimate of drug-likeness (QED) is 0.753. The minimum atomic E-state index is -3.27. The molecule has 4 N–H and O–H groups in total. The number of sulfone groups is 1. The van der Waals surface area contributed by atoms with Crippen LogP contribution < -0.4 is 11.5 Å². The molecule has 0 aliphatic rings. The summed E-state index contributed by atoms with van der Waals surface area (Å²) >= 11 is 0. The molecule has 0 radical (unpaired) electrons. The molecule has 1 rings (SSSR count). The molecule has 1 aromatic carbocycles. The molecule has 0 spiro atoms. The van der Waals surface area contributed by atoms with Gasteiger partial charge >= 0.3 is 0 Å². The first kappa shape index (κ1) is 12.0. The Morgan fingerprint density at radius 2 is 1.93 bits per heavy atom. The molecule has 5 heteroatoms. The van der Waals surface area contributed by atoms with E-state index in [1.165, 1.54) is 6.07 Å². The number of rotatable bonds is 3. The van der Waals surface area contributed by atoms with E-state index < -0.39 is 15.1 Å². The largest absolute Gasteiger partial charge is 0.399 e. The maximum atomic E-state index is 11.9. The zero-order valence-electron chi connectivity index (χ0n) is 8.90. The van der Waals surface area contributed by atoms with Gasteiger partial charge in [0.2, 0.25) is 0 Å². The van der Waals surface area contributed by atoms with E-state index >= 15 is 0 Å². The second-order valence-corrected chi connectivity index (χ2v) is 6.14. The van der Waals surface area contributed by atoms with Crippen LogP contribution >= 0.6 is 0 Å². The fraction of sp³-hybridized carbons (Fsp3) is 0.400. The Kier molecular flexibility index (Phi) is 3.36. The van der Waals surface area contributed by atoms with Gasteiger partial charge in [-0.1, -0.05) is 0 Å². The normalized spacial score (nSPS) is 12.0. The molecule has 0 aliphatic heterocycles. The monoisotopic (exact) mass is 228 g/mol. The van der Waals surface area contributed by atoms with Crippen LogP contribution in [0.2, 0.25) is 0 Å². The third kappa shape index (κ3) is 2.30. The molecule has 0 unspecified atom stereocenters. The van der Waals surface area contributed by atoms with Crippen molar-refractivity contribution in [3.05, 3.63) is 23.8 Å². The van der Waals surface area contributed by atoms with Crippen molar-refractivity contribution in [1.29, 1.82) is 0 Å². The first-order chi connectivity index (χ1) is 6.89. The summed E-state index contributed by atoms with van der Waals surface area (Å²) in [4.78, 5) is 0.286. The van der Waals surface area contributed by atoms with Crippen molar-refractivity contribution in [3.8, 4) is 0 Å². The maximum Gasteiger partial charge on any atom is 0.181 e. The minimum Gasteiger partial charge on any atom is -0.399 e. The zero-order valence-corrected chi connectivity index (χ0v) is 9.71. The van der Waals surface area contributed by atoms with Gasteiger partial charge < -0.3 is 11.5 Å². The molecule has 0 heterocycles. The van der Waals surface area contributed by atoms with Crippen molar-refractivity contribution in [2.45, 2.75) is 30.5 Å². The van der Waals surface area contributed by atoms with Gasteiger partial charge in [-0.25, -0.2) is 8.42 Å². The van der Waals surface area contributed by atoms with Gasteiger partial charge in [0, 0.05) is 12.2 Å². The Bertz CT molecular complexity index is 452. The molecular weight excluding hydrogens is 212 g/mol. The minimum absolute atomic E-state index is 0.173. The lowest BCUT2D eigenvalue weighted by Gasteiger charge is -2.12. The summed E-state index contributed by atoms with van der Waals surface area (Å²) in [5.41, 5.74) is 12.2. The average Bonchev–Trinajstić information content (AvgIpc) is 2.16. The Morgan fingerprint density at radius 1 is 1.33 bits per heavy atom. The standard InChI is InChI=1S/C10H16N2O2S/c1-7(2)15(13,14)10-4-3-9(12)5-8(10)6-11/h3-5,7H,6,11-12H2,1-2H3. The summed E-state index contributed by atoms with van der Waals surface area (Å²) in [5.74, 6) is 0. The van der Waals surface area contributed by atoms with Gasteiger partial charge in [-0.2, -0.15) is 0 Å². The summed E-state index contributed by atoms with van der Waals surface area (Å²) in [7, 11) is -3.27. The van der Waals surface area contributed by atoms with Crippen molar-refractivity contribution in [2.24, 2.45) is 5.73 Å². The molecule has 1 aromatic rings. The number of hydrogen-bond acceptors (Lipinski definition) is 4. The molecule has 15 heavy (non-hydrogen) atoms. The summed E-state index contributed by atoms with van der Waals surface area (Å²) in [6.45, 7) is 3.46. The summed E-state index contributed by atoms with van der Waals surface area (Å²) < 4.78 is 23.9. The van der Waals surface area contributed by atoms with E-state index in [4.69, 9.17) is 11.5 Å². The zero-order chi connectivity index (χ0) is 11.6. The number of benzene rings is 1. The van der Waals surface area contributed by atoms with Gasteiger partial charge in [-0.15, -0.1) is 0 Å². The molecule has 0 aromatic heterocycles. The van der Waals surface area contributed by atoms with Crippen molar-refractivity contribution >= 4 is 15.5 Å². The number of nitrogens with two attached hydrogens (primary N) is 2. The highest BCUT2D eigenvalue weighted by Crippen LogP contribution is 2.22. The fourth-order valence-electron chi connectivity index (χ4n) is 1.29. The SMILES string of the molecule is CC(C)S(=O)(=O)c1ccc(N)cc1CN. The highest BCUT2D eigenvalue weighted by Gasteiger charge is 2.21. The number of nitrogen functional groups attached to an aromatic ring is 1. The molecular formula is C10H16N2O2S. The van der Waals surface area contributed by atoms with Crippen LogP contribution in [0.5, 0.6) is 0 Å². The Balaban J connectivity index is 3.38. The molecule has 0 aliphatic carbocycles. The predicted molar refractivity (Wildman–Crippen MR) is 61.1 cm³/mol. The Hall–Kier alpha value is -1.07. The van der Waals surface area contributed by atoms with E-state index in [0.717, 1.165) is 0 Å². The third-order valence-corrected chi connectivity index (χ3v) is 4.48. The summed E-state index contributed by atoms with van der Waals surface area (Å²) in [6.07, 6.45) is 0. The van der Waals surface area contributed by atoms with Crippen LogP contribution in [-0.2, 0) is 16.4 Å². The van der Waals surface area contributed by atoms with Gasteiger partial charge in [-0.3, -0.25) is 0 Å². The molecule has 0 saturated carbocycles. The van der Waals surface area contributed by atoms with E-state index in [0.29, 0.717) is 11.3 Å². The van der Waals surface area contributed by atoms with E-state index in [-0.39, 0.29) is 11.4 Å². The molecule has 84 valence electrons. The van der Waals surface area contributed by atoms with Crippen LogP contribution in [0.15, 0.2) is 23.1 Å². The number of hydrogen-bond donors (Lipinski definition) is 2. The topological polar surface area (TPSA) is 86.2 Å². The molecule has 4 nitrogen and oxygen atoms in total. The molecule has 0 fully saturated rings. The van der Waals surface area contributed by atoms with Crippen LogP contribution in [-0.4, -0.2) is 13.7 Å². The first-order valence-corrected chi connectivity index (χ1v) is 6.26. The summed E-state index contributed by atoms with van der Waals surface area (Å²) in [5, 5.41) is -0.452. The molecule has 0 bridgehead atoms. The Morgan fingerprint density at radius 3 is 2.40 bits per heavy atom. The lowest BCUT2D eigenvalue weighted by atomic mass is 10.2. The second kappa shape index (κ2) is 4.20. The molecule has 0 atom stereocenters. The van der Waals surface area contributed by atoms with Crippen LogP contribution in [0.25, 0.3) is 0 Å². The van der Waals surface area contributed by atoms with E-state index in [9.17, 15) is 8.42 Å². The predicted octanol–water partition coefficient (Wildman–Crippen LogP) is 0.910. The average molecular weight is 228 g/mol. The van der Waals surface area contributed by atoms with Gasteiger partial charge in [0.05, 0.1) is 10.1 Å². The lowest BCUT2D eigenvalue weighted by molar-refractivity contribution is 0.586. The van der Waals surface area contributed by atoms with E-state index in [1.54, 1.807) is 26.0 Å². The van der Waals surface area contributed by atoms with Crippen molar-refractivity contribution < 1.29 is 8.42 Å². The highest BCUT2D eigenvalue weighted by atomic mass is 32.2. The highest BCUT2D eigenvalue weighted by molar-refractivity contribution is 7.92. The Labute approximate surface area is 90.2 Å². The van der Waals surface area contributed by atoms with Gasteiger partial charge in [0.25, 0.3) is 0 Å². The van der Waals surface area contributed by atoms with Crippen molar-refractivity contribution in [2.75, 3.05) is 5.73 Å². The van der Waals surface area contributed by atoms with Crippen LogP contribution in [0.3, 0.4) is 0 Å². The third-order valence-electron chi connectivity index (χ3n) is 2.23. The van der Waals surface area contributed by atoms with Crippen LogP contribution in [0.1, 0.15) is 19.4 Å². The van der Waals surface area contributed by atoms with Gasteiger partial charge in [0.1, 0.15) is 0 Å². The maximum absolute atomic E-state index is 11.9. The van der Waals surface area contributed by atoms with Crippen molar-refractivity contribution in [1.82, 2.24) is 0 Å². The van der Waals surface area contributed by atoms with Gasteiger partial charge in [0.15, 0.2) is 9.84 Å². The molecule has 0 amide bonds. The van der Waals surface area contributed by atoms with Crippen molar-refractivity contribution in [3.63, 3.8) is 0 Å². The lowest BCUT2D eigenvalue weighted by Crippen LogP contribution is -2.17. The molecule has 0 saturated heterocycles. The number of anilines is 1. The fourth-order valence-corrected chi connectivity index (χ4v) is 2.56. The smallest absolute Gasteiger partial charge is 0.181 e. The van der Waals surface area contributed by atoms with Crippen LogP contribution in [0.4, 0.5) is 5.69 Å². The second-order valence-electron chi connectivity index (χ2n) is 3.67. The first-order valence-electron chi connectivity index (χ1n) is 4.72. The van der Waals surface area contributed by atoms with E-state index in [1.807, 2.05) is 0 Å². The summed E-state index contributed by atoms with van der Waals surface area (Å²) in [6, 6.07) is 4.70. The van der Waals surface area contributed by atoms with E-state index in [2.05, 4.69) is 0 Å².